The van der Waals surface area contributed by atoms with Gasteiger partial charge in [-0.25, -0.2) is 0 Å². The lowest BCUT2D eigenvalue weighted by molar-refractivity contribution is 0.307. The monoisotopic (exact) mass is 192 g/mol. The van der Waals surface area contributed by atoms with E-state index >= 15 is 0 Å². The third-order valence-corrected chi connectivity index (χ3v) is 2.40. The normalized spacial score (nSPS) is 14.1. The van der Waals surface area contributed by atoms with Gasteiger partial charge in [0.1, 0.15) is 11.5 Å². The van der Waals surface area contributed by atoms with Crippen molar-refractivity contribution in [3.8, 4) is 0 Å². The van der Waals surface area contributed by atoms with E-state index in [9.17, 15) is 0 Å². The van der Waals surface area contributed by atoms with Gasteiger partial charge in [-0.05, 0) is 31.4 Å². The molecule has 0 saturated carbocycles. The summed E-state index contributed by atoms with van der Waals surface area (Å²) >= 11 is 0. The van der Waals surface area contributed by atoms with Gasteiger partial charge in [-0.2, -0.15) is 0 Å². The highest BCUT2D eigenvalue weighted by atomic mass is 16.3. The van der Waals surface area contributed by atoms with Crippen molar-refractivity contribution in [2.24, 2.45) is 5.41 Å². The van der Waals surface area contributed by atoms with Crippen molar-refractivity contribution < 1.29 is 4.42 Å². The zero-order valence-corrected chi connectivity index (χ0v) is 9.85. The molecule has 0 aliphatic heterocycles. The Morgan fingerprint density at radius 3 is 2.21 bits per heavy atom. The van der Waals surface area contributed by atoms with Gasteiger partial charge in [-0.15, -0.1) is 0 Å². The first-order valence-electron chi connectivity index (χ1n) is 5.04. The first kappa shape index (κ1) is 11.1. The summed E-state index contributed by atoms with van der Waals surface area (Å²) in [7, 11) is 0. The van der Waals surface area contributed by atoms with Crippen molar-refractivity contribution in [1.82, 2.24) is 0 Å². The van der Waals surface area contributed by atoms with E-state index in [4.69, 9.17) is 4.42 Å². The number of hydrogen-bond acceptors (Lipinski definition) is 1. The highest BCUT2D eigenvalue weighted by molar-refractivity contribution is 5.22. The van der Waals surface area contributed by atoms with Crippen molar-refractivity contribution >= 4 is 0 Å². The van der Waals surface area contributed by atoms with Crippen LogP contribution in [0.2, 0.25) is 0 Å². The van der Waals surface area contributed by atoms with Gasteiger partial charge in [0.2, 0.25) is 0 Å². The lowest BCUT2D eigenvalue weighted by Crippen LogP contribution is -2.18. The molecule has 14 heavy (non-hydrogen) atoms. The highest BCUT2D eigenvalue weighted by Crippen LogP contribution is 2.40. The number of furan rings is 1. The van der Waals surface area contributed by atoms with Crippen LogP contribution in [0.4, 0.5) is 0 Å². The predicted molar refractivity (Wildman–Crippen MR) is 60.5 cm³/mol. The molecule has 1 heterocycles. The fourth-order valence-corrected chi connectivity index (χ4v) is 2.02. The Bertz CT molecular complexity index is 325. The van der Waals surface area contributed by atoms with E-state index in [0.717, 1.165) is 17.1 Å². The smallest absolute Gasteiger partial charge is 0.111 e. The van der Waals surface area contributed by atoms with Crippen molar-refractivity contribution in [3.63, 3.8) is 0 Å². The van der Waals surface area contributed by atoms with Gasteiger partial charge in [0, 0.05) is 5.92 Å². The quantitative estimate of drug-likeness (QED) is 0.637. The Morgan fingerprint density at radius 2 is 1.93 bits per heavy atom. The maximum atomic E-state index is 5.67. The topological polar surface area (TPSA) is 13.1 Å². The van der Waals surface area contributed by atoms with Gasteiger partial charge in [0.25, 0.3) is 0 Å². The van der Waals surface area contributed by atoms with Crippen LogP contribution in [-0.4, -0.2) is 0 Å². The van der Waals surface area contributed by atoms with Crippen molar-refractivity contribution in [2.75, 3.05) is 0 Å². The number of allylic oxidation sites excluding steroid dienone is 1. The molecule has 0 radical (unpaired) electrons. The minimum atomic E-state index is 0.163. The lowest BCUT2D eigenvalue weighted by atomic mass is 9.76. The molecular weight excluding hydrogens is 172 g/mol. The van der Waals surface area contributed by atoms with E-state index in [1.54, 1.807) is 0 Å². The highest BCUT2D eigenvalue weighted by Gasteiger charge is 2.29. The first-order valence-corrected chi connectivity index (χ1v) is 5.04. The van der Waals surface area contributed by atoms with Gasteiger partial charge in [0.05, 0.1) is 0 Å². The summed E-state index contributed by atoms with van der Waals surface area (Å²) in [5.74, 6) is 2.30. The third kappa shape index (κ3) is 2.28. The third-order valence-electron chi connectivity index (χ3n) is 2.40. The maximum absolute atomic E-state index is 5.67. The number of rotatable bonds is 2. The second-order valence-corrected chi connectivity index (χ2v) is 5.09. The lowest BCUT2D eigenvalue weighted by Gasteiger charge is -2.29. The number of aryl methyl sites for hydroxylation is 1. The van der Waals surface area contributed by atoms with E-state index in [0.29, 0.717) is 5.92 Å². The largest absolute Gasteiger partial charge is 0.466 e. The molecule has 1 nitrogen and oxygen atoms in total. The summed E-state index contributed by atoms with van der Waals surface area (Å²) in [6.07, 6.45) is 0. The summed E-state index contributed by atoms with van der Waals surface area (Å²) in [5.41, 5.74) is 1.32. The zero-order valence-electron chi connectivity index (χ0n) is 9.85. The molecule has 0 bridgehead atoms. The summed E-state index contributed by atoms with van der Waals surface area (Å²) in [6.45, 7) is 14.7. The molecule has 0 spiro atoms. The van der Waals surface area contributed by atoms with E-state index < -0.39 is 0 Å². The molecule has 1 heteroatoms. The van der Waals surface area contributed by atoms with Crippen LogP contribution >= 0.6 is 0 Å². The van der Waals surface area contributed by atoms with Crippen LogP contribution in [0.1, 0.15) is 45.1 Å². The molecule has 0 amide bonds. The van der Waals surface area contributed by atoms with Crippen LogP contribution in [0.25, 0.3) is 0 Å². The molecule has 0 N–H and O–H groups in total. The minimum absolute atomic E-state index is 0.163. The van der Waals surface area contributed by atoms with E-state index in [1.165, 1.54) is 0 Å². The number of hydrogen-bond donors (Lipinski definition) is 0. The Labute approximate surface area is 86.8 Å². The van der Waals surface area contributed by atoms with Crippen LogP contribution in [0.3, 0.4) is 0 Å². The second-order valence-electron chi connectivity index (χ2n) is 5.09. The average molecular weight is 192 g/mol. The Kier molecular flexibility index (Phi) is 2.89. The van der Waals surface area contributed by atoms with Crippen molar-refractivity contribution in [2.45, 2.75) is 40.5 Å². The SMILES string of the molecule is C=C(C)[C@H](c1ccc(C)o1)C(C)(C)C. The molecule has 1 rings (SSSR count). The van der Waals surface area contributed by atoms with Crippen molar-refractivity contribution in [1.29, 1.82) is 0 Å². The van der Waals surface area contributed by atoms with E-state index in [-0.39, 0.29) is 5.41 Å². The first-order chi connectivity index (χ1) is 6.32. The van der Waals surface area contributed by atoms with Crippen molar-refractivity contribution in [3.05, 3.63) is 35.8 Å². The van der Waals surface area contributed by atoms with Gasteiger partial charge in [-0.1, -0.05) is 32.9 Å². The van der Waals surface area contributed by atoms with Crippen LogP contribution in [-0.2, 0) is 0 Å². The van der Waals surface area contributed by atoms with Crippen LogP contribution < -0.4 is 0 Å². The Morgan fingerprint density at radius 1 is 1.36 bits per heavy atom. The molecule has 0 aromatic carbocycles. The average Bonchev–Trinajstić information content (AvgIpc) is 2.31. The molecule has 1 atom stereocenters. The fraction of sp³-hybridized carbons (Fsp3) is 0.538. The van der Waals surface area contributed by atoms with Gasteiger partial charge >= 0.3 is 0 Å². The van der Waals surface area contributed by atoms with Crippen LogP contribution in [0.5, 0.6) is 0 Å². The maximum Gasteiger partial charge on any atom is 0.111 e. The fourth-order valence-electron chi connectivity index (χ4n) is 2.02. The standard InChI is InChI=1S/C13H20O/c1-9(2)12(13(4,5)6)11-8-7-10(3)14-11/h7-8,12H,1H2,2-6H3/t12-/m1/s1. The molecule has 0 aliphatic carbocycles. The van der Waals surface area contributed by atoms with Gasteiger partial charge < -0.3 is 4.42 Å². The summed E-state index contributed by atoms with van der Waals surface area (Å²) in [4.78, 5) is 0. The van der Waals surface area contributed by atoms with Gasteiger partial charge in [-0.3, -0.25) is 0 Å². The Hall–Kier alpha value is -0.980. The summed E-state index contributed by atoms with van der Waals surface area (Å²) in [6, 6.07) is 4.07. The predicted octanol–water partition coefficient (Wildman–Crippen LogP) is 4.29. The Balaban J connectivity index is 3.07. The molecule has 0 aliphatic rings. The molecule has 1 aromatic rings. The molecule has 0 unspecified atom stereocenters. The molecule has 1 aromatic heterocycles. The summed E-state index contributed by atoms with van der Waals surface area (Å²) in [5, 5.41) is 0. The van der Waals surface area contributed by atoms with Gasteiger partial charge in [0.15, 0.2) is 0 Å². The van der Waals surface area contributed by atoms with E-state index in [2.05, 4.69) is 40.3 Å². The van der Waals surface area contributed by atoms with Crippen LogP contribution in [0, 0.1) is 12.3 Å². The minimum Gasteiger partial charge on any atom is -0.466 e. The zero-order chi connectivity index (χ0) is 10.9. The summed E-state index contributed by atoms with van der Waals surface area (Å²) < 4.78 is 5.67. The van der Waals surface area contributed by atoms with Crippen LogP contribution in [0.15, 0.2) is 28.7 Å². The second kappa shape index (κ2) is 3.64. The molecule has 0 fully saturated rings. The van der Waals surface area contributed by atoms with E-state index in [1.807, 2.05) is 13.0 Å². The molecule has 0 saturated heterocycles. The molecular formula is C13H20O. The molecule has 78 valence electrons.